The number of benzene rings is 3. The highest BCUT2D eigenvalue weighted by molar-refractivity contribution is 7.68. The number of anilines is 1. The maximum Gasteiger partial charge on any atom is 0.333 e. The molecular weight excluding hydrogens is 433 g/mol. The molecule has 156 valence electrons. The summed E-state index contributed by atoms with van der Waals surface area (Å²) in [6, 6.07) is 24.9. The summed E-state index contributed by atoms with van der Waals surface area (Å²) in [5, 5.41) is 5.79. The van der Waals surface area contributed by atoms with Crippen molar-refractivity contribution in [3.63, 3.8) is 0 Å². The molecule has 3 aromatic rings. The minimum atomic E-state index is -3.32. The topological polar surface area (TPSA) is 79.5 Å². The van der Waals surface area contributed by atoms with Gasteiger partial charge in [0.25, 0.3) is 0 Å². The molecule has 6 nitrogen and oxygen atoms in total. The van der Waals surface area contributed by atoms with Crippen LogP contribution in [-0.4, -0.2) is 6.03 Å². The molecular formula is C23H19ClN3O3P. The summed E-state index contributed by atoms with van der Waals surface area (Å²) in [4.78, 5) is 12.3. The van der Waals surface area contributed by atoms with E-state index in [-0.39, 0.29) is 0 Å². The first kappa shape index (κ1) is 20.9. The Morgan fingerprint density at radius 3 is 1.94 bits per heavy atom. The van der Waals surface area contributed by atoms with Crippen LogP contribution in [0.1, 0.15) is 11.1 Å². The lowest BCUT2D eigenvalue weighted by atomic mass is 10.2. The van der Waals surface area contributed by atoms with Crippen LogP contribution >= 0.6 is 18.9 Å². The smallest absolute Gasteiger partial charge is 0.333 e. The zero-order valence-electron chi connectivity index (χ0n) is 16.3. The van der Waals surface area contributed by atoms with Crippen molar-refractivity contribution in [2.45, 2.75) is 0 Å². The van der Waals surface area contributed by atoms with Crippen LogP contribution in [0.4, 0.5) is 10.5 Å². The molecule has 0 unspecified atom stereocenters. The van der Waals surface area contributed by atoms with E-state index in [4.69, 9.17) is 16.3 Å². The molecule has 0 aromatic heterocycles. The third kappa shape index (κ3) is 5.44. The minimum absolute atomic E-state index is 0.440. The summed E-state index contributed by atoms with van der Waals surface area (Å²) in [7, 11) is -3.32. The van der Waals surface area contributed by atoms with Gasteiger partial charge in [-0.1, -0.05) is 78.3 Å². The van der Waals surface area contributed by atoms with Gasteiger partial charge in [-0.3, -0.25) is 9.99 Å². The molecule has 0 aliphatic carbocycles. The van der Waals surface area contributed by atoms with Gasteiger partial charge >= 0.3 is 6.03 Å². The molecule has 0 radical (unpaired) electrons. The van der Waals surface area contributed by atoms with E-state index in [9.17, 15) is 9.36 Å². The van der Waals surface area contributed by atoms with Gasteiger partial charge < -0.3 is 10.1 Å². The molecule has 0 spiro atoms. The van der Waals surface area contributed by atoms with Gasteiger partial charge in [0.15, 0.2) is 0 Å². The molecule has 1 aliphatic heterocycles. The van der Waals surface area contributed by atoms with Crippen molar-refractivity contribution in [1.29, 1.82) is 0 Å². The van der Waals surface area contributed by atoms with Gasteiger partial charge in [-0.15, -0.1) is 0 Å². The number of rotatable bonds is 5. The zero-order valence-corrected chi connectivity index (χ0v) is 17.9. The van der Waals surface area contributed by atoms with Crippen LogP contribution in [0.5, 0.6) is 0 Å². The predicted molar refractivity (Wildman–Crippen MR) is 124 cm³/mol. The number of carbonyl (C=O) groups excluding carboxylic acids is 1. The third-order valence-electron chi connectivity index (χ3n) is 4.38. The maximum absolute atomic E-state index is 13.6. The fourth-order valence-electron chi connectivity index (χ4n) is 2.96. The third-order valence-corrected chi connectivity index (χ3v) is 6.31. The van der Waals surface area contributed by atoms with E-state index in [0.29, 0.717) is 22.2 Å². The second kappa shape index (κ2) is 9.23. The molecule has 0 bridgehead atoms. The van der Waals surface area contributed by atoms with Crippen LogP contribution in [0, 0.1) is 0 Å². The van der Waals surface area contributed by atoms with Crippen molar-refractivity contribution in [3.8, 4) is 0 Å². The Kier molecular flexibility index (Phi) is 6.23. The minimum Gasteiger partial charge on any atom is -0.456 e. The molecule has 0 saturated carbocycles. The van der Waals surface area contributed by atoms with Crippen LogP contribution in [0.3, 0.4) is 0 Å². The van der Waals surface area contributed by atoms with Crippen molar-refractivity contribution in [2.75, 3.05) is 5.32 Å². The summed E-state index contributed by atoms with van der Waals surface area (Å²) >= 11 is 5.94. The summed E-state index contributed by atoms with van der Waals surface area (Å²) in [5.41, 5.74) is 4.51. The Bertz CT molecular complexity index is 1140. The largest absolute Gasteiger partial charge is 0.456 e. The van der Waals surface area contributed by atoms with E-state index < -0.39 is 13.3 Å². The molecule has 3 N–H and O–H groups in total. The predicted octanol–water partition coefficient (Wildman–Crippen LogP) is 6.27. The lowest BCUT2D eigenvalue weighted by Gasteiger charge is -2.23. The quantitative estimate of drug-likeness (QED) is 0.315. The first-order valence-electron chi connectivity index (χ1n) is 9.44. The van der Waals surface area contributed by atoms with E-state index in [0.717, 1.165) is 11.1 Å². The SMILES string of the molecule is O=C(NNP1(=O)C=C(c2ccccc2)OC(c2ccccc2)=C1)Nc1cccc(Cl)c1. The van der Waals surface area contributed by atoms with Crippen molar-refractivity contribution in [2.24, 2.45) is 0 Å². The number of hydrogen-bond donors (Lipinski definition) is 3. The molecule has 0 saturated heterocycles. The molecule has 3 aromatic carbocycles. The molecule has 31 heavy (non-hydrogen) atoms. The Morgan fingerprint density at radius 1 is 0.806 bits per heavy atom. The molecule has 2 amide bonds. The van der Waals surface area contributed by atoms with Gasteiger partial charge in [-0.2, -0.15) is 5.20 Å². The number of hydrazine groups is 1. The van der Waals surface area contributed by atoms with E-state index in [1.54, 1.807) is 24.3 Å². The van der Waals surface area contributed by atoms with Gasteiger partial charge in [0.05, 0.1) is 0 Å². The average Bonchev–Trinajstić information content (AvgIpc) is 2.79. The summed E-state index contributed by atoms with van der Waals surface area (Å²) in [6.07, 6.45) is 0. The monoisotopic (exact) mass is 451 g/mol. The van der Waals surface area contributed by atoms with E-state index in [2.05, 4.69) is 15.9 Å². The Hall–Kier alpha value is -3.31. The van der Waals surface area contributed by atoms with Crippen molar-refractivity contribution >= 4 is 42.1 Å². The van der Waals surface area contributed by atoms with Crippen molar-refractivity contribution < 1.29 is 14.1 Å². The van der Waals surface area contributed by atoms with Gasteiger partial charge in [0.1, 0.15) is 11.5 Å². The molecule has 0 fully saturated rings. The highest BCUT2D eigenvalue weighted by Crippen LogP contribution is 2.52. The Morgan fingerprint density at radius 2 is 1.39 bits per heavy atom. The number of urea groups is 1. The van der Waals surface area contributed by atoms with Crippen LogP contribution in [0.25, 0.3) is 11.5 Å². The average molecular weight is 452 g/mol. The number of carbonyl (C=O) groups is 1. The van der Waals surface area contributed by atoms with Crippen LogP contribution in [0.2, 0.25) is 5.02 Å². The molecule has 4 rings (SSSR count). The standard InChI is InChI=1S/C23H19ClN3O3P/c24-19-12-7-13-20(14-19)25-23(28)26-27-31(29)15-21(17-8-3-1-4-9-17)30-22(16-31)18-10-5-2-6-11-18/h1-16H,(H,27,29)(H2,25,26,28). The number of nitrogens with one attached hydrogen (secondary N) is 3. The fourth-order valence-corrected chi connectivity index (χ4v) is 4.73. The molecule has 1 heterocycles. The maximum atomic E-state index is 13.6. The summed E-state index contributed by atoms with van der Waals surface area (Å²) < 4.78 is 19.6. The molecule has 8 heteroatoms. The van der Waals surface area contributed by atoms with E-state index >= 15 is 0 Å². The number of ether oxygens (including phenoxy) is 1. The van der Waals surface area contributed by atoms with Crippen molar-refractivity contribution in [3.05, 3.63) is 113 Å². The Balaban J connectivity index is 1.57. The highest BCUT2D eigenvalue weighted by atomic mass is 35.5. The fraction of sp³-hybridized carbons (Fsp3) is 0. The van der Waals surface area contributed by atoms with E-state index in [1.807, 2.05) is 60.7 Å². The second-order valence-corrected chi connectivity index (χ2v) is 9.33. The highest BCUT2D eigenvalue weighted by Gasteiger charge is 2.27. The second-order valence-electron chi connectivity index (χ2n) is 6.73. The van der Waals surface area contributed by atoms with Crippen LogP contribution < -0.4 is 15.9 Å². The number of halogens is 1. The van der Waals surface area contributed by atoms with Crippen LogP contribution in [-0.2, 0) is 9.30 Å². The first-order valence-corrected chi connectivity index (χ1v) is 11.7. The zero-order chi connectivity index (χ0) is 21.7. The van der Waals surface area contributed by atoms with Gasteiger partial charge in [-0.05, 0) is 18.2 Å². The summed E-state index contributed by atoms with van der Waals surface area (Å²) in [5.74, 6) is 3.87. The van der Waals surface area contributed by atoms with Gasteiger partial charge in [0.2, 0.25) is 7.29 Å². The van der Waals surface area contributed by atoms with E-state index in [1.165, 1.54) is 11.6 Å². The van der Waals surface area contributed by atoms with Crippen LogP contribution in [0.15, 0.2) is 96.6 Å². The Labute approximate surface area is 185 Å². The van der Waals surface area contributed by atoms with Crippen molar-refractivity contribution in [1.82, 2.24) is 10.6 Å². The molecule has 1 aliphatic rings. The van der Waals surface area contributed by atoms with Gasteiger partial charge in [-0.25, -0.2) is 4.79 Å². The first-order chi connectivity index (χ1) is 15.0. The summed E-state index contributed by atoms with van der Waals surface area (Å²) in [6.45, 7) is 0. The molecule has 0 atom stereocenters. The number of hydrogen-bond acceptors (Lipinski definition) is 3. The number of amides is 2. The lowest BCUT2D eigenvalue weighted by Crippen LogP contribution is -2.38. The van der Waals surface area contributed by atoms with Gasteiger partial charge in [0, 0.05) is 33.5 Å². The lowest BCUT2D eigenvalue weighted by molar-refractivity contribution is 0.250. The normalized spacial score (nSPS) is 14.6.